The Kier molecular flexibility index (Phi) is 3.36. The molecule has 0 fully saturated rings. The summed E-state index contributed by atoms with van der Waals surface area (Å²) in [5.41, 5.74) is 0. The Morgan fingerprint density at radius 3 is 3.20 bits per heavy atom. The number of ether oxygens (including phenoxy) is 1. The highest BCUT2D eigenvalue weighted by molar-refractivity contribution is 4.96. The summed E-state index contributed by atoms with van der Waals surface area (Å²) < 4.78 is 7.10. The zero-order chi connectivity index (χ0) is 10.7. The van der Waals surface area contributed by atoms with Gasteiger partial charge in [-0.1, -0.05) is 6.92 Å². The Hall–Kier alpha value is -0.900. The summed E-state index contributed by atoms with van der Waals surface area (Å²) in [6.07, 6.45) is 4.27. The number of aromatic nitrogens is 3. The fraction of sp³-hybridized carbons (Fsp3) is 0.818. The molecule has 0 saturated carbocycles. The largest absolute Gasteiger partial charge is 0.385 e. The first kappa shape index (κ1) is 10.6. The van der Waals surface area contributed by atoms with Crippen molar-refractivity contribution in [2.45, 2.75) is 39.2 Å². The van der Waals surface area contributed by atoms with Crippen LogP contribution >= 0.6 is 0 Å². The Morgan fingerprint density at radius 2 is 2.40 bits per heavy atom. The van der Waals surface area contributed by atoms with Gasteiger partial charge < -0.3 is 4.74 Å². The first-order valence-corrected chi connectivity index (χ1v) is 5.71. The summed E-state index contributed by atoms with van der Waals surface area (Å²) in [7, 11) is 1.73. The number of nitrogens with zero attached hydrogens (tertiary/aromatic N) is 3. The predicted molar refractivity (Wildman–Crippen MR) is 57.7 cm³/mol. The van der Waals surface area contributed by atoms with Crippen LogP contribution in [0, 0.1) is 5.92 Å². The molecule has 1 aromatic rings. The Morgan fingerprint density at radius 1 is 1.53 bits per heavy atom. The molecule has 0 saturated heterocycles. The third-order valence-corrected chi connectivity index (χ3v) is 2.89. The standard InChI is InChI=1S/C11H19N3O/c1-9-5-6-11-12-10(4-3-7-15-2)13-14(11)8-9/h9H,3-8H2,1-2H3. The topological polar surface area (TPSA) is 39.9 Å². The molecule has 0 spiro atoms. The minimum Gasteiger partial charge on any atom is -0.385 e. The Bertz CT molecular complexity index is 322. The summed E-state index contributed by atoms with van der Waals surface area (Å²) >= 11 is 0. The molecule has 2 heterocycles. The van der Waals surface area contributed by atoms with E-state index in [0.29, 0.717) is 0 Å². The van der Waals surface area contributed by atoms with Crippen LogP contribution in [0.25, 0.3) is 0 Å². The van der Waals surface area contributed by atoms with Gasteiger partial charge in [-0.3, -0.25) is 0 Å². The van der Waals surface area contributed by atoms with Gasteiger partial charge >= 0.3 is 0 Å². The maximum Gasteiger partial charge on any atom is 0.151 e. The van der Waals surface area contributed by atoms with Crippen LogP contribution in [0.5, 0.6) is 0 Å². The lowest BCUT2D eigenvalue weighted by atomic mass is 10.0. The number of hydrogen-bond donors (Lipinski definition) is 0. The van der Waals surface area contributed by atoms with E-state index < -0.39 is 0 Å². The molecule has 4 nitrogen and oxygen atoms in total. The van der Waals surface area contributed by atoms with Crippen LogP contribution in [0.3, 0.4) is 0 Å². The van der Waals surface area contributed by atoms with E-state index in [4.69, 9.17) is 4.74 Å². The summed E-state index contributed by atoms with van der Waals surface area (Å²) in [4.78, 5) is 4.55. The number of aryl methyl sites for hydroxylation is 2. The van der Waals surface area contributed by atoms with Crippen LogP contribution in [0.1, 0.15) is 31.4 Å². The monoisotopic (exact) mass is 209 g/mol. The molecule has 1 aliphatic rings. The van der Waals surface area contributed by atoms with Crippen molar-refractivity contribution in [3.05, 3.63) is 11.6 Å². The maximum absolute atomic E-state index is 5.02. The summed E-state index contributed by atoms with van der Waals surface area (Å²) in [6.45, 7) is 4.10. The van der Waals surface area contributed by atoms with Crippen molar-refractivity contribution in [2.24, 2.45) is 5.92 Å². The second-order valence-electron chi connectivity index (χ2n) is 4.37. The van der Waals surface area contributed by atoms with Crippen molar-refractivity contribution in [2.75, 3.05) is 13.7 Å². The number of fused-ring (bicyclic) bond motifs is 1. The van der Waals surface area contributed by atoms with E-state index in [9.17, 15) is 0 Å². The summed E-state index contributed by atoms with van der Waals surface area (Å²) in [5, 5.41) is 4.52. The normalized spacial score (nSPS) is 20.3. The van der Waals surface area contributed by atoms with Gasteiger partial charge in [0.15, 0.2) is 5.82 Å². The lowest BCUT2D eigenvalue weighted by Gasteiger charge is -2.17. The van der Waals surface area contributed by atoms with Gasteiger partial charge in [0.2, 0.25) is 0 Å². The smallest absolute Gasteiger partial charge is 0.151 e. The lowest BCUT2D eigenvalue weighted by Crippen LogP contribution is -2.18. The first-order chi connectivity index (χ1) is 7.29. The van der Waals surface area contributed by atoms with Crippen molar-refractivity contribution >= 4 is 0 Å². The van der Waals surface area contributed by atoms with Crippen LogP contribution in [0.4, 0.5) is 0 Å². The van der Waals surface area contributed by atoms with E-state index >= 15 is 0 Å². The van der Waals surface area contributed by atoms with Gasteiger partial charge in [0, 0.05) is 33.1 Å². The van der Waals surface area contributed by atoms with Crippen LogP contribution in [-0.2, 0) is 24.1 Å². The highest BCUT2D eigenvalue weighted by Crippen LogP contribution is 2.17. The molecule has 0 aromatic carbocycles. The molecular weight excluding hydrogens is 190 g/mol. The molecular formula is C11H19N3O. The molecule has 0 bridgehead atoms. The van der Waals surface area contributed by atoms with Crippen molar-refractivity contribution < 1.29 is 4.74 Å². The second kappa shape index (κ2) is 4.75. The quantitative estimate of drug-likeness (QED) is 0.704. The molecule has 1 aliphatic heterocycles. The second-order valence-corrected chi connectivity index (χ2v) is 4.37. The van der Waals surface area contributed by atoms with Crippen LogP contribution < -0.4 is 0 Å². The van der Waals surface area contributed by atoms with Gasteiger partial charge in [0.05, 0.1) is 0 Å². The molecule has 15 heavy (non-hydrogen) atoms. The Labute approximate surface area is 90.7 Å². The zero-order valence-electron chi connectivity index (χ0n) is 9.57. The van der Waals surface area contributed by atoms with Gasteiger partial charge in [-0.05, 0) is 18.8 Å². The fourth-order valence-corrected chi connectivity index (χ4v) is 2.00. The van der Waals surface area contributed by atoms with E-state index in [1.165, 1.54) is 12.2 Å². The van der Waals surface area contributed by atoms with E-state index in [1.807, 2.05) is 0 Å². The van der Waals surface area contributed by atoms with Gasteiger partial charge in [-0.2, -0.15) is 5.10 Å². The van der Waals surface area contributed by atoms with Crippen LogP contribution in [-0.4, -0.2) is 28.5 Å². The maximum atomic E-state index is 5.02. The Balaban J connectivity index is 1.96. The van der Waals surface area contributed by atoms with Crippen LogP contribution in [0.2, 0.25) is 0 Å². The molecule has 84 valence electrons. The molecule has 1 aromatic heterocycles. The van der Waals surface area contributed by atoms with Gasteiger partial charge in [0.25, 0.3) is 0 Å². The first-order valence-electron chi connectivity index (χ1n) is 5.71. The summed E-state index contributed by atoms with van der Waals surface area (Å²) in [5.74, 6) is 2.89. The molecule has 4 heteroatoms. The zero-order valence-corrected chi connectivity index (χ0v) is 9.57. The third kappa shape index (κ3) is 2.56. The molecule has 0 aliphatic carbocycles. The predicted octanol–water partition coefficient (Wildman–Crippen LogP) is 1.44. The van der Waals surface area contributed by atoms with Crippen molar-refractivity contribution in [3.63, 3.8) is 0 Å². The highest BCUT2D eigenvalue weighted by Gasteiger charge is 2.18. The SMILES string of the molecule is COCCCc1nc2n(n1)CC(C)CC2. The van der Waals surface area contributed by atoms with E-state index in [2.05, 4.69) is 21.7 Å². The lowest BCUT2D eigenvalue weighted by molar-refractivity contribution is 0.194. The number of methoxy groups -OCH3 is 1. The van der Waals surface area contributed by atoms with Crippen molar-refractivity contribution in [1.82, 2.24) is 14.8 Å². The number of rotatable bonds is 4. The third-order valence-electron chi connectivity index (χ3n) is 2.89. The highest BCUT2D eigenvalue weighted by atomic mass is 16.5. The van der Waals surface area contributed by atoms with Gasteiger partial charge in [-0.15, -0.1) is 0 Å². The van der Waals surface area contributed by atoms with E-state index in [-0.39, 0.29) is 0 Å². The van der Waals surface area contributed by atoms with Crippen LogP contribution in [0.15, 0.2) is 0 Å². The molecule has 0 amide bonds. The van der Waals surface area contributed by atoms with E-state index in [0.717, 1.165) is 44.2 Å². The molecule has 0 N–H and O–H groups in total. The van der Waals surface area contributed by atoms with E-state index in [1.54, 1.807) is 7.11 Å². The molecule has 1 unspecified atom stereocenters. The van der Waals surface area contributed by atoms with Crippen molar-refractivity contribution in [1.29, 1.82) is 0 Å². The average Bonchev–Trinajstić information content (AvgIpc) is 2.60. The van der Waals surface area contributed by atoms with Gasteiger partial charge in [0.1, 0.15) is 5.82 Å². The number of hydrogen-bond acceptors (Lipinski definition) is 3. The van der Waals surface area contributed by atoms with Crippen molar-refractivity contribution in [3.8, 4) is 0 Å². The van der Waals surface area contributed by atoms with Gasteiger partial charge in [-0.25, -0.2) is 9.67 Å². The molecule has 1 atom stereocenters. The molecule has 2 rings (SSSR count). The minimum atomic E-state index is 0.742. The average molecular weight is 209 g/mol. The minimum absolute atomic E-state index is 0.742. The fourth-order valence-electron chi connectivity index (χ4n) is 2.00. The summed E-state index contributed by atoms with van der Waals surface area (Å²) in [6, 6.07) is 0. The molecule has 0 radical (unpaired) electrons.